The molecule has 110 valence electrons. The van der Waals surface area contributed by atoms with Crippen LogP contribution in [0.2, 0.25) is 0 Å². The van der Waals surface area contributed by atoms with Crippen molar-refractivity contribution in [2.24, 2.45) is 5.92 Å². The first-order valence-electron chi connectivity index (χ1n) is 6.22. The lowest BCUT2D eigenvalue weighted by Gasteiger charge is -2.08. The molecule has 0 aromatic carbocycles. The summed E-state index contributed by atoms with van der Waals surface area (Å²) in [4.78, 5) is 35.3. The fraction of sp³-hybridized carbons (Fsp3) is 0.500. The van der Waals surface area contributed by atoms with E-state index in [0.717, 1.165) is 18.7 Å². The maximum Gasteiger partial charge on any atom is 0.286 e. The van der Waals surface area contributed by atoms with E-state index in [1.54, 1.807) is 0 Å². The Morgan fingerprint density at radius 3 is 2.90 bits per heavy atom. The van der Waals surface area contributed by atoms with Crippen LogP contribution in [0.3, 0.4) is 0 Å². The third-order valence-electron chi connectivity index (χ3n) is 2.81. The van der Waals surface area contributed by atoms with Gasteiger partial charge in [-0.15, -0.1) is 0 Å². The number of hydrogen-bond donors (Lipinski definition) is 3. The van der Waals surface area contributed by atoms with E-state index < -0.39 is 16.4 Å². The summed E-state index contributed by atoms with van der Waals surface area (Å²) < 4.78 is 0. The molecule has 0 aliphatic carbocycles. The van der Waals surface area contributed by atoms with E-state index in [-0.39, 0.29) is 23.8 Å². The van der Waals surface area contributed by atoms with Crippen molar-refractivity contribution in [2.45, 2.75) is 19.8 Å². The van der Waals surface area contributed by atoms with Crippen molar-refractivity contribution in [3.05, 3.63) is 38.3 Å². The average Bonchev–Trinajstić information content (AvgIpc) is 2.43. The van der Waals surface area contributed by atoms with E-state index >= 15 is 0 Å². The summed E-state index contributed by atoms with van der Waals surface area (Å²) in [6, 6.07) is 0.949. The summed E-state index contributed by atoms with van der Waals surface area (Å²) in [7, 11) is 0. The van der Waals surface area contributed by atoms with Gasteiger partial charge in [0, 0.05) is 19.2 Å². The zero-order valence-corrected chi connectivity index (χ0v) is 11.1. The van der Waals surface area contributed by atoms with Crippen molar-refractivity contribution in [3.8, 4) is 0 Å². The Hall–Kier alpha value is -2.22. The lowest BCUT2D eigenvalue weighted by atomic mass is 10.1. The Morgan fingerprint density at radius 2 is 2.30 bits per heavy atom. The lowest BCUT2D eigenvalue weighted by molar-refractivity contribution is -0.385. The Balaban J connectivity index is 2.61. The van der Waals surface area contributed by atoms with Crippen molar-refractivity contribution in [1.82, 2.24) is 10.3 Å². The Labute approximate surface area is 115 Å². The van der Waals surface area contributed by atoms with Crippen LogP contribution >= 0.6 is 0 Å². The Bertz CT molecular complexity index is 540. The van der Waals surface area contributed by atoms with Crippen molar-refractivity contribution in [1.29, 1.82) is 0 Å². The average molecular weight is 283 g/mol. The molecule has 0 radical (unpaired) electrons. The second-order valence-electron chi connectivity index (χ2n) is 4.54. The zero-order chi connectivity index (χ0) is 15.1. The molecule has 0 fully saturated rings. The van der Waals surface area contributed by atoms with Gasteiger partial charge in [-0.25, -0.2) is 0 Å². The summed E-state index contributed by atoms with van der Waals surface area (Å²) in [5.74, 6) is -0.500. The number of amides is 1. The highest BCUT2D eigenvalue weighted by Crippen LogP contribution is 2.08. The fourth-order valence-electron chi connectivity index (χ4n) is 1.59. The van der Waals surface area contributed by atoms with Gasteiger partial charge in [-0.3, -0.25) is 19.7 Å². The molecule has 0 saturated carbocycles. The van der Waals surface area contributed by atoms with Crippen LogP contribution in [0.25, 0.3) is 0 Å². The maximum absolute atomic E-state index is 11.8. The number of nitro groups is 1. The topological polar surface area (TPSA) is 125 Å². The van der Waals surface area contributed by atoms with Gasteiger partial charge in [-0.2, -0.15) is 0 Å². The van der Waals surface area contributed by atoms with E-state index in [0.29, 0.717) is 13.0 Å². The number of pyridine rings is 1. The third kappa shape index (κ3) is 4.47. The van der Waals surface area contributed by atoms with Crippen LogP contribution in [0.4, 0.5) is 5.69 Å². The number of hydrogen-bond acceptors (Lipinski definition) is 5. The number of carbonyl (C=O) groups is 1. The van der Waals surface area contributed by atoms with Crippen molar-refractivity contribution < 1.29 is 14.8 Å². The molecule has 3 N–H and O–H groups in total. The molecule has 1 heterocycles. The predicted molar refractivity (Wildman–Crippen MR) is 71.5 cm³/mol. The van der Waals surface area contributed by atoms with Crippen molar-refractivity contribution in [2.75, 3.05) is 13.2 Å². The maximum atomic E-state index is 11.8. The highest BCUT2D eigenvalue weighted by molar-refractivity contribution is 5.94. The van der Waals surface area contributed by atoms with Gasteiger partial charge in [0.05, 0.1) is 11.1 Å². The summed E-state index contributed by atoms with van der Waals surface area (Å²) in [6.07, 6.45) is 2.34. The molecule has 0 bridgehead atoms. The SMILES string of the molecule is CC(CO)CCCNC(=O)c1cc([N+](=O)[O-])c[nH]c1=O. The largest absolute Gasteiger partial charge is 0.396 e. The highest BCUT2D eigenvalue weighted by atomic mass is 16.6. The van der Waals surface area contributed by atoms with Gasteiger partial charge in [0.25, 0.3) is 17.2 Å². The summed E-state index contributed by atoms with van der Waals surface area (Å²) in [5.41, 5.74) is -1.30. The second-order valence-corrected chi connectivity index (χ2v) is 4.54. The monoisotopic (exact) mass is 283 g/mol. The van der Waals surface area contributed by atoms with Crippen molar-refractivity contribution >= 4 is 11.6 Å². The van der Waals surface area contributed by atoms with Crippen LogP contribution in [0.1, 0.15) is 30.1 Å². The van der Waals surface area contributed by atoms with Crippen molar-refractivity contribution in [3.63, 3.8) is 0 Å². The summed E-state index contributed by atoms with van der Waals surface area (Å²) in [5, 5.41) is 21.9. The lowest BCUT2D eigenvalue weighted by Crippen LogP contribution is -2.30. The molecule has 20 heavy (non-hydrogen) atoms. The molecule has 8 heteroatoms. The molecule has 1 aromatic heterocycles. The second kappa shape index (κ2) is 7.39. The number of aliphatic hydroxyl groups excluding tert-OH is 1. The number of nitrogens with zero attached hydrogens (tertiary/aromatic N) is 1. The normalized spacial score (nSPS) is 11.9. The van der Waals surface area contributed by atoms with Crippen LogP contribution in [0, 0.1) is 16.0 Å². The molecular weight excluding hydrogens is 266 g/mol. The predicted octanol–water partition coefficient (Wildman–Crippen LogP) is 0.421. The van der Waals surface area contributed by atoms with Gasteiger partial charge < -0.3 is 15.4 Å². The van der Waals surface area contributed by atoms with Gasteiger partial charge in [-0.1, -0.05) is 6.92 Å². The Kier molecular flexibility index (Phi) is 5.85. The summed E-state index contributed by atoms with van der Waals surface area (Å²) >= 11 is 0. The quantitative estimate of drug-likeness (QED) is 0.380. The molecule has 1 unspecified atom stereocenters. The molecule has 1 aromatic rings. The van der Waals surface area contributed by atoms with E-state index in [1.165, 1.54) is 0 Å². The zero-order valence-electron chi connectivity index (χ0n) is 11.1. The molecule has 0 aliphatic rings. The molecular formula is C12H17N3O5. The fourth-order valence-corrected chi connectivity index (χ4v) is 1.59. The minimum atomic E-state index is -0.685. The van der Waals surface area contributed by atoms with Gasteiger partial charge in [0.1, 0.15) is 5.56 Å². The first kappa shape index (κ1) is 15.8. The first-order valence-corrected chi connectivity index (χ1v) is 6.22. The minimum Gasteiger partial charge on any atom is -0.396 e. The highest BCUT2D eigenvalue weighted by Gasteiger charge is 2.15. The smallest absolute Gasteiger partial charge is 0.286 e. The van der Waals surface area contributed by atoms with Crippen LogP contribution in [-0.2, 0) is 0 Å². The van der Waals surface area contributed by atoms with Crippen LogP contribution in [0.15, 0.2) is 17.1 Å². The number of carbonyl (C=O) groups excluding carboxylic acids is 1. The molecule has 1 amide bonds. The van der Waals surface area contributed by atoms with Gasteiger partial charge in [-0.05, 0) is 18.8 Å². The standard InChI is InChI=1S/C12H17N3O5/c1-8(7-16)3-2-4-13-11(17)10-5-9(15(19)20)6-14-12(10)18/h5-6,8,16H,2-4,7H2,1H3,(H,13,17)(H,14,18). The molecule has 8 nitrogen and oxygen atoms in total. The van der Waals surface area contributed by atoms with Crippen LogP contribution < -0.4 is 10.9 Å². The van der Waals surface area contributed by atoms with Gasteiger partial charge >= 0.3 is 0 Å². The number of rotatable bonds is 7. The van der Waals surface area contributed by atoms with Crippen LogP contribution in [0.5, 0.6) is 0 Å². The summed E-state index contributed by atoms with van der Waals surface area (Å²) in [6.45, 7) is 2.30. The van der Waals surface area contributed by atoms with E-state index in [9.17, 15) is 19.7 Å². The van der Waals surface area contributed by atoms with Gasteiger partial charge in [0.2, 0.25) is 0 Å². The van der Waals surface area contributed by atoms with E-state index in [2.05, 4.69) is 10.3 Å². The number of aliphatic hydroxyl groups is 1. The minimum absolute atomic E-state index is 0.0818. The first-order chi connectivity index (χ1) is 9.45. The van der Waals surface area contributed by atoms with E-state index in [4.69, 9.17) is 5.11 Å². The van der Waals surface area contributed by atoms with Gasteiger partial charge in [0.15, 0.2) is 0 Å². The third-order valence-corrected chi connectivity index (χ3v) is 2.81. The molecule has 0 spiro atoms. The number of H-pyrrole nitrogens is 1. The number of aromatic amines is 1. The van der Waals surface area contributed by atoms with E-state index in [1.807, 2.05) is 6.92 Å². The molecule has 1 atom stereocenters. The molecule has 0 saturated heterocycles. The molecule has 0 aliphatic heterocycles. The molecule has 1 rings (SSSR count). The Morgan fingerprint density at radius 1 is 1.60 bits per heavy atom. The van der Waals surface area contributed by atoms with Crippen LogP contribution in [-0.4, -0.2) is 34.1 Å². The number of aromatic nitrogens is 1. The number of nitrogens with one attached hydrogen (secondary N) is 2.